The number of benzene rings is 2. The lowest BCUT2D eigenvalue weighted by Gasteiger charge is -2.11. The molecule has 0 aliphatic rings. The van der Waals surface area contributed by atoms with Crippen molar-refractivity contribution in [3.63, 3.8) is 0 Å². The first-order chi connectivity index (χ1) is 9.65. The van der Waals surface area contributed by atoms with Gasteiger partial charge in [0, 0.05) is 16.7 Å². The van der Waals surface area contributed by atoms with Crippen molar-refractivity contribution in [3.8, 4) is 0 Å². The first-order valence-corrected chi connectivity index (χ1v) is 7.70. The quantitative estimate of drug-likeness (QED) is 0.806. The summed E-state index contributed by atoms with van der Waals surface area (Å²) in [6.07, 6.45) is 0.960. The summed E-state index contributed by atoms with van der Waals surface area (Å²) in [5.41, 5.74) is 3.49. The van der Waals surface area contributed by atoms with Gasteiger partial charge in [-0.2, -0.15) is 0 Å². The molecule has 0 aliphatic carbocycles. The zero-order chi connectivity index (χ0) is 14.4. The van der Waals surface area contributed by atoms with Crippen LogP contribution in [0, 0.1) is 6.92 Å². The maximum atomic E-state index is 5.29. The van der Waals surface area contributed by atoms with Crippen molar-refractivity contribution < 1.29 is 0 Å². The van der Waals surface area contributed by atoms with Crippen LogP contribution in [0.1, 0.15) is 11.1 Å². The fourth-order valence-corrected chi connectivity index (χ4v) is 2.33. The molecule has 0 amide bonds. The van der Waals surface area contributed by atoms with Crippen molar-refractivity contribution in [1.82, 2.24) is 5.32 Å². The summed E-state index contributed by atoms with van der Waals surface area (Å²) in [5.74, 6) is 0. The highest BCUT2D eigenvalue weighted by Gasteiger charge is 2.00. The molecule has 0 radical (unpaired) electrons. The first kappa shape index (κ1) is 15.0. The fourth-order valence-electron chi connectivity index (χ4n) is 1.86. The molecule has 0 saturated heterocycles. The molecule has 104 valence electrons. The summed E-state index contributed by atoms with van der Waals surface area (Å²) < 4.78 is 1.10. The Hall–Kier alpha value is -1.39. The minimum Gasteiger partial charge on any atom is -0.362 e. The average molecular weight is 349 g/mol. The molecule has 2 nitrogen and oxygen atoms in total. The third-order valence-corrected chi connectivity index (χ3v) is 4.09. The lowest BCUT2D eigenvalue weighted by Crippen LogP contribution is -2.30. The van der Waals surface area contributed by atoms with Crippen molar-refractivity contribution in [2.24, 2.45) is 0 Å². The van der Waals surface area contributed by atoms with Crippen LogP contribution in [0.4, 0.5) is 5.69 Å². The maximum absolute atomic E-state index is 5.29. The van der Waals surface area contributed by atoms with E-state index in [4.69, 9.17) is 12.2 Å². The second-order valence-corrected chi connectivity index (χ2v) is 5.84. The largest absolute Gasteiger partial charge is 0.362 e. The summed E-state index contributed by atoms with van der Waals surface area (Å²) >= 11 is 8.78. The molecule has 2 N–H and O–H groups in total. The van der Waals surface area contributed by atoms with Gasteiger partial charge in [0.1, 0.15) is 0 Å². The van der Waals surface area contributed by atoms with E-state index in [2.05, 4.69) is 63.8 Å². The number of aryl methyl sites for hydroxylation is 1. The lowest BCUT2D eigenvalue weighted by atomic mass is 10.1. The van der Waals surface area contributed by atoms with Gasteiger partial charge >= 0.3 is 0 Å². The summed E-state index contributed by atoms with van der Waals surface area (Å²) in [5, 5.41) is 7.07. The van der Waals surface area contributed by atoms with E-state index in [1.54, 1.807) is 0 Å². The monoisotopic (exact) mass is 348 g/mol. The van der Waals surface area contributed by atoms with Crippen LogP contribution in [0.2, 0.25) is 0 Å². The number of hydrogen-bond donors (Lipinski definition) is 2. The summed E-state index contributed by atoms with van der Waals surface area (Å²) in [6, 6.07) is 16.5. The third-order valence-electron chi connectivity index (χ3n) is 2.96. The number of hydrogen-bond acceptors (Lipinski definition) is 1. The predicted molar refractivity (Wildman–Crippen MR) is 93.2 cm³/mol. The van der Waals surface area contributed by atoms with Gasteiger partial charge in [-0.25, -0.2) is 0 Å². The van der Waals surface area contributed by atoms with Gasteiger partial charge in [0.2, 0.25) is 0 Å². The van der Waals surface area contributed by atoms with Crippen molar-refractivity contribution >= 4 is 38.9 Å². The lowest BCUT2D eigenvalue weighted by molar-refractivity contribution is 0.873. The highest BCUT2D eigenvalue weighted by Crippen LogP contribution is 2.19. The smallest absolute Gasteiger partial charge is 0.170 e. The van der Waals surface area contributed by atoms with Crippen LogP contribution in [0.5, 0.6) is 0 Å². The highest BCUT2D eigenvalue weighted by molar-refractivity contribution is 9.10. The molecule has 0 bridgehead atoms. The van der Waals surface area contributed by atoms with Crippen molar-refractivity contribution in [1.29, 1.82) is 0 Å². The zero-order valence-corrected chi connectivity index (χ0v) is 13.7. The molecule has 2 aromatic rings. The van der Waals surface area contributed by atoms with Crippen LogP contribution in [-0.2, 0) is 6.42 Å². The predicted octanol–water partition coefficient (Wildman–Crippen LogP) is 4.29. The Morgan fingerprint density at radius 3 is 2.60 bits per heavy atom. The summed E-state index contributed by atoms with van der Waals surface area (Å²) in [7, 11) is 0. The molecule has 4 heteroatoms. The molecule has 2 rings (SSSR count). The van der Waals surface area contributed by atoms with Crippen molar-refractivity contribution in [2.45, 2.75) is 13.3 Å². The van der Waals surface area contributed by atoms with Gasteiger partial charge in [0.05, 0.1) is 0 Å². The number of thiocarbonyl (C=S) groups is 1. The van der Waals surface area contributed by atoms with Gasteiger partial charge < -0.3 is 10.6 Å². The second-order valence-electron chi connectivity index (χ2n) is 4.58. The van der Waals surface area contributed by atoms with E-state index >= 15 is 0 Å². The first-order valence-electron chi connectivity index (χ1n) is 6.50. The van der Waals surface area contributed by atoms with Gasteiger partial charge in [-0.1, -0.05) is 46.3 Å². The number of rotatable bonds is 4. The zero-order valence-electron chi connectivity index (χ0n) is 11.3. The molecule has 0 spiro atoms. The molecule has 2 aromatic carbocycles. The fraction of sp³-hybridized carbons (Fsp3) is 0.188. The Morgan fingerprint density at radius 2 is 1.90 bits per heavy atom. The molecule has 0 aromatic heterocycles. The van der Waals surface area contributed by atoms with Gasteiger partial charge in [-0.15, -0.1) is 0 Å². The Labute approximate surface area is 133 Å². The van der Waals surface area contributed by atoms with E-state index in [0.717, 1.165) is 23.1 Å². The van der Waals surface area contributed by atoms with Gasteiger partial charge in [-0.3, -0.25) is 0 Å². The SMILES string of the molecule is Cc1cc(NC(=S)NCCc2ccccc2)ccc1Br. The molecule has 0 fully saturated rings. The topological polar surface area (TPSA) is 24.1 Å². The molecule has 0 saturated carbocycles. The Kier molecular flexibility index (Phi) is 5.56. The van der Waals surface area contributed by atoms with E-state index in [0.29, 0.717) is 5.11 Å². The summed E-state index contributed by atoms with van der Waals surface area (Å²) in [6.45, 7) is 2.88. The van der Waals surface area contributed by atoms with Crippen molar-refractivity contribution in [2.75, 3.05) is 11.9 Å². The molecular weight excluding hydrogens is 332 g/mol. The van der Waals surface area contributed by atoms with Crippen LogP contribution in [0.15, 0.2) is 53.0 Å². The van der Waals surface area contributed by atoms with Gasteiger partial charge in [0.25, 0.3) is 0 Å². The van der Waals surface area contributed by atoms with Crippen LogP contribution in [-0.4, -0.2) is 11.7 Å². The molecule has 0 aliphatic heterocycles. The minimum atomic E-state index is 0.655. The molecule has 0 unspecified atom stereocenters. The number of halogens is 1. The van der Waals surface area contributed by atoms with E-state index in [1.807, 2.05) is 18.2 Å². The van der Waals surface area contributed by atoms with Gasteiger partial charge in [0.15, 0.2) is 5.11 Å². The molecule has 20 heavy (non-hydrogen) atoms. The van der Waals surface area contributed by atoms with E-state index in [9.17, 15) is 0 Å². The van der Waals surface area contributed by atoms with Crippen LogP contribution in [0.3, 0.4) is 0 Å². The standard InChI is InChI=1S/C16H17BrN2S/c1-12-11-14(7-8-15(12)17)19-16(20)18-10-9-13-5-3-2-4-6-13/h2-8,11H,9-10H2,1H3,(H2,18,19,20). The van der Waals surface area contributed by atoms with E-state index < -0.39 is 0 Å². The van der Waals surface area contributed by atoms with Crippen molar-refractivity contribution in [3.05, 3.63) is 64.1 Å². The Morgan fingerprint density at radius 1 is 1.15 bits per heavy atom. The maximum Gasteiger partial charge on any atom is 0.170 e. The second kappa shape index (κ2) is 7.41. The molecular formula is C16H17BrN2S. The number of anilines is 1. The molecule has 0 heterocycles. The Bertz CT molecular complexity index is 584. The van der Waals surface area contributed by atoms with Crippen LogP contribution >= 0.6 is 28.1 Å². The molecule has 0 atom stereocenters. The average Bonchev–Trinajstić information content (AvgIpc) is 2.44. The van der Waals surface area contributed by atoms with Gasteiger partial charge in [-0.05, 0) is 54.9 Å². The number of nitrogens with one attached hydrogen (secondary N) is 2. The Balaban J connectivity index is 1.79. The minimum absolute atomic E-state index is 0.655. The third kappa shape index (κ3) is 4.62. The van der Waals surface area contributed by atoms with Crippen LogP contribution < -0.4 is 10.6 Å². The summed E-state index contributed by atoms with van der Waals surface area (Å²) in [4.78, 5) is 0. The highest BCUT2D eigenvalue weighted by atomic mass is 79.9. The normalized spacial score (nSPS) is 10.1. The van der Waals surface area contributed by atoms with E-state index in [1.165, 1.54) is 11.1 Å². The van der Waals surface area contributed by atoms with Crippen LogP contribution in [0.25, 0.3) is 0 Å². The van der Waals surface area contributed by atoms with E-state index in [-0.39, 0.29) is 0 Å².